The number of rotatable bonds is 2. The van der Waals surface area contributed by atoms with Crippen LogP contribution in [-0.4, -0.2) is 11.7 Å². The molecule has 0 N–H and O–H groups in total. The Bertz CT molecular complexity index is 497. The smallest absolute Gasteiger partial charge is 0.192 e. The van der Waals surface area contributed by atoms with E-state index in [1.807, 2.05) is 30.3 Å². The molecule has 80 valence electrons. The molecule has 0 spiro atoms. The van der Waals surface area contributed by atoms with Crippen LogP contribution in [0.3, 0.4) is 0 Å². The molecule has 2 rings (SSSR count). The van der Waals surface area contributed by atoms with E-state index in [0.717, 1.165) is 22.3 Å². The van der Waals surface area contributed by atoms with Crippen molar-refractivity contribution in [3.05, 3.63) is 66.3 Å². The molecule has 0 radical (unpaired) electrons. The Balaban J connectivity index is 2.71. The first-order valence-electron chi connectivity index (χ1n) is 5.02. The van der Waals surface area contributed by atoms with Gasteiger partial charge in [0.25, 0.3) is 0 Å². The molecular formula is C14H12OS. The van der Waals surface area contributed by atoms with E-state index >= 15 is 0 Å². The lowest BCUT2D eigenvalue weighted by Crippen LogP contribution is -2.03. The van der Waals surface area contributed by atoms with E-state index in [9.17, 15) is 0 Å². The van der Waals surface area contributed by atoms with Crippen LogP contribution in [0, 0.1) is 0 Å². The Hall–Kier alpha value is -1.67. The average molecular weight is 228 g/mol. The highest BCUT2D eigenvalue weighted by Gasteiger charge is 2.17. The lowest BCUT2D eigenvalue weighted by atomic mass is 9.97. The maximum Gasteiger partial charge on any atom is 0.192 e. The van der Waals surface area contributed by atoms with Crippen molar-refractivity contribution in [3.8, 4) is 0 Å². The summed E-state index contributed by atoms with van der Waals surface area (Å²) in [4.78, 5) is 0. The first-order valence-corrected chi connectivity index (χ1v) is 5.43. The fourth-order valence-corrected chi connectivity index (χ4v) is 2.01. The van der Waals surface area contributed by atoms with Crippen molar-refractivity contribution in [2.45, 2.75) is 0 Å². The van der Waals surface area contributed by atoms with Crippen molar-refractivity contribution < 1.29 is 4.74 Å². The maximum absolute atomic E-state index is 5.52. The highest BCUT2D eigenvalue weighted by Crippen LogP contribution is 2.28. The summed E-state index contributed by atoms with van der Waals surface area (Å²) in [5.41, 5.74) is 4.08. The molecular weight excluding hydrogens is 216 g/mol. The lowest BCUT2D eigenvalue weighted by Gasteiger charge is -2.06. The minimum atomic E-state index is 0.457. The van der Waals surface area contributed by atoms with Crippen LogP contribution in [0.15, 0.2) is 55.1 Å². The van der Waals surface area contributed by atoms with E-state index in [0.29, 0.717) is 11.7 Å². The van der Waals surface area contributed by atoms with Crippen LogP contribution in [0.2, 0.25) is 0 Å². The molecule has 0 bridgehead atoms. The number of ether oxygens (including phenoxy) is 1. The largest absolute Gasteiger partial charge is 0.478 e. The van der Waals surface area contributed by atoms with Crippen LogP contribution >= 0.6 is 12.2 Å². The van der Waals surface area contributed by atoms with Crippen molar-refractivity contribution in [2.24, 2.45) is 0 Å². The van der Waals surface area contributed by atoms with Crippen molar-refractivity contribution in [3.63, 3.8) is 0 Å². The quantitative estimate of drug-likeness (QED) is 0.716. The Kier molecular flexibility index (Phi) is 3.02. The van der Waals surface area contributed by atoms with Gasteiger partial charge in [-0.05, 0) is 35.0 Å². The van der Waals surface area contributed by atoms with E-state index in [4.69, 9.17) is 17.0 Å². The highest BCUT2D eigenvalue weighted by molar-refractivity contribution is 7.80. The second kappa shape index (κ2) is 4.45. The molecule has 0 aromatic heterocycles. The Morgan fingerprint density at radius 1 is 1.12 bits per heavy atom. The number of hydrogen-bond acceptors (Lipinski definition) is 2. The van der Waals surface area contributed by atoms with Gasteiger partial charge in [-0.2, -0.15) is 0 Å². The molecule has 0 atom stereocenters. The number of benzene rings is 1. The number of allylic oxidation sites excluding steroid dienone is 2. The van der Waals surface area contributed by atoms with E-state index in [2.05, 4.69) is 13.2 Å². The molecule has 1 aliphatic heterocycles. The van der Waals surface area contributed by atoms with Crippen molar-refractivity contribution >= 4 is 22.8 Å². The minimum absolute atomic E-state index is 0.457. The third-order valence-electron chi connectivity index (χ3n) is 2.59. The average Bonchev–Trinajstić information content (AvgIpc) is 2.47. The van der Waals surface area contributed by atoms with Gasteiger partial charge in [0.2, 0.25) is 0 Å². The van der Waals surface area contributed by atoms with E-state index in [1.165, 1.54) is 0 Å². The van der Waals surface area contributed by atoms with Crippen LogP contribution in [0.5, 0.6) is 0 Å². The van der Waals surface area contributed by atoms with Gasteiger partial charge in [0.05, 0.1) is 0 Å². The second-order valence-electron chi connectivity index (χ2n) is 3.47. The molecule has 0 aliphatic carbocycles. The van der Waals surface area contributed by atoms with Gasteiger partial charge in [0.15, 0.2) is 5.05 Å². The second-order valence-corrected chi connectivity index (χ2v) is 3.84. The highest BCUT2D eigenvalue weighted by atomic mass is 32.1. The fourth-order valence-electron chi connectivity index (χ4n) is 1.78. The zero-order valence-electron chi connectivity index (χ0n) is 8.90. The summed E-state index contributed by atoms with van der Waals surface area (Å²) in [6, 6.07) is 7.93. The van der Waals surface area contributed by atoms with E-state index < -0.39 is 0 Å². The van der Waals surface area contributed by atoms with Gasteiger partial charge in [0.1, 0.15) is 6.61 Å². The van der Waals surface area contributed by atoms with Crippen LogP contribution in [0.25, 0.3) is 5.57 Å². The van der Waals surface area contributed by atoms with Crippen molar-refractivity contribution in [2.75, 3.05) is 6.61 Å². The van der Waals surface area contributed by atoms with E-state index in [1.54, 1.807) is 6.08 Å². The Labute approximate surface area is 101 Å². The first-order chi connectivity index (χ1) is 7.77. The van der Waals surface area contributed by atoms with Crippen LogP contribution in [0.1, 0.15) is 11.1 Å². The molecule has 2 heteroatoms. The molecule has 0 fully saturated rings. The zero-order chi connectivity index (χ0) is 11.5. The molecule has 0 saturated heterocycles. The van der Waals surface area contributed by atoms with Gasteiger partial charge in [-0.25, -0.2) is 0 Å². The topological polar surface area (TPSA) is 9.23 Å². The molecule has 1 aliphatic rings. The van der Waals surface area contributed by atoms with Crippen molar-refractivity contribution in [1.82, 2.24) is 0 Å². The molecule has 0 saturated carbocycles. The summed E-state index contributed by atoms with van der Waals surface area (Å²) in [5.74, 6) is 0. The summed E-state index contributed by atoms with van der Waals surface area (Å²) in [6.07, 6.45) is 3.62. The van der Waals surface area contributed by atoms with Crippen LogP contribution in [-0.2, 0) is 4.74 Å². The summed E-state index contributed by atoms with van der Waals surface area (Å²) < 4.78 is 5.52. The maximum atomic E-state index is 5.52. The van der Waals surface area contributed by atoms with Crippen LogP contribution in [0.4, 0.5) is 0 Å². The fraction of sp³-hybridized carbons (Fsp3) is 0.0714. The molecule has 16 heavy (non-hydrogen) atoms. The van der Waals surface area contributed by atoms with Gasteiger partial charge in [-0.15, -0.1) is 0 Å². The SMILES string of the molecule is C=CC1=C(C=C)c2ccccc2C(=S)OC1. The Morgan fingerprint density at radius 2 is 1.81 bits per heavy atom. The van der Waals surface area contributed by atoms with Gasteiger partial charge >= 0.3 is 0 Å². The monoisotopic (exact) mass is 228 g/mol. The Morgan fingerprint density at radius 3 is 2.44 bits per heavy atom. The van der Waals surface area contributed by atoms with Gasteiger partial charge in [-0.1, -0.05) is 43.5 Å². The molecule has 0 unspecified atom stereocenters. The summed E-state index contributed by atoms with van der Waals surface area (Å²) >= 11 is 5.23. The predicted octanol–water partition coefficient (Wildman–Crippen LogP) is 3.52. The minimum Gasteiger partial charge on any atom is -0.478 e. The normalized spacial score (nSPS) is 14.9. The molecule has 0 amide bonds. The van der Waals surface area contributed by atoms with Crippen LogP contribution < -0.4 is 0 Å². The van der Waals surface area contributed by atoms with Gasteiger partial charge in [0, 0.05) is 5.56 Å². The number of hydrogen-bond donors (Lipinski definition) is 0. The van der Waals surface area contributed by atoms with E-state index in [-0.39, 0.29) is 0 Å². The third kappa shape index (κ3) is 1.72. The predicted molar refractivity (Wildman–Crippen MR) is 71.4 cm³/mol. The lowest BCUT2D eigenvalue weighted by molar-refractivity contribution is 0.356. The molecule has 1 aromatic carbocycles. The summed E-state index contributed by atoms with van der Waals surface area (Å²) in [5, 5.41) is 0.534. The van der Waals surface area contributed by atoms with Gasteiger partial charge < -0.3 is 4.74 Å². The van der Waals surface area contributed by atoms with Crippen molar-refractivity contribution in [1.29, 1.82) is 0 Å². The standard InChI is InChI=1S/C14H12OS/c1-3-10-9-15-14(16)13-8-6-5-7-12(13)11(10)4-2/h3-8H,1-2,9H2. The summed E-state index contributed by atoms with van der Waals surface area (Å²) in [7, 11) is 0. The molecule has 1 heterocycles. The van der Waals surface area contributed by atoms with Gasteiger partial charge in [-0.3, -0.25) is 0 Å². The number of thiocarbonyl (C=S) groups is 1. The number of fused-ring (bicyclic) bond motifs is 1. The first kappa shape index (κ1) is 10.8. The molecule has 1 nitrogen and oxygen atoms in total. The molecule has 1 aromatic rings. The summed E-state index contributed by atoms with van der Waals surface area (Å²) in [6.45, 7) is 8.09. The zero-order valence-corrected chi connectivity index (χ0v) is 9.72. The third-order valence-corrected chi connectivity index (χ3v) is 2.93.